The van der Waals surface area contributed by atoms with Crippen molar-refractivity contribution < 1.29 is 37.3 Å². The number of benzene rings is 3. The van der Waals surface area contributed by atoms with Crippen LogP contribution in [0.3, 0.4) is 0 Å². The van der Waals surface area contributed by atoms with Gasteiger partial charge in [-0.25, -0.2) is 0 Å². The topological polar surface area (TPSA) is 77.9 Å². The van der Waals surface area contributed by atoms with E-state index in [4.69, 9.17) is 21.1 Å². The van der Waals surface area contributed by atoms with Crippen LogP contribution in [0.2, 0.25) is 5.02 Å². The first-order valence-electron chi connectivity index (χ1n) is 11.5. The van der Waals surface area contributed by atoms with E-state index < -0.39 is 12.3 Å². The predicted molar refractivity (Wildman–Crippen MR) is 137 cm³/mol. The second-order valence-corrected chi connectivity index (χ2v) is 9.15. The molecule has 4 aromatic rings. The Morgan fingerprint density at radius 2 is 1.58 bits per heavy atom. The zero-order valence-corrected chi connectivity index (χ0v) is 21.4. The van der Waals surface area contributed by atoms with Crippen LogP contribution < -0.4 is 14.2 Å². The van der Waals surface area contributed by atoms with Crippen LogP contribution in [0.1, 0.15) is 25.1 Å². The van der Waals surface area contributed by atoms with Gasteiger partial charge in [0.2, 0.25) is 0 Å². The summed E-state index contributed by atoms with van der Waals surface area (Å²) in [6.45, 7) is 4.97. The lowest BCUT2D eigenvalue weighted by molar-refractivity contribution is -0.274. The lowest BCUT2D eigenvalue weighted by Gasteiger charge is -2.18. The number of aliphatic hydroxyl groups is 1. The molecule has 38 heavy (non-hydrogen) atoms. The molecule has 0 aliphatic rings. The number of fused-ring (bicyclic) bond motifs is 1. The Morgan fingerprint density at radius 1 is 1.00 bits per heavy atom. The van der Waals surface area contributed by atoms with E-state index in [-0.39, 0.29) is 18.3 Å². The van der Waals surface area contributed by atoms with Crippen molar-refractivity contribution in [2.75, 3.05) is 0 Å². The van der Waals surface area contributed by atoms with Gasteiger partial charge in [0.25, 0.3) is 0 Å². The van der Waals surface area contributed by atoms with Gasteiger partial charge in [0.1, 0.15) is 23.0 Å². The Bertz CT molecular complexity index is 1470. The summed E-state index contributed by atoms with van der Waals surface area (Å²) in [6.07, 6.45) is -4.78. The molecule has 0 aliphatic carbocycles. The number of aromatic nitrogens is 1. The van der Waals surface area contributed by atoms with Crippen molar-refractivity contribution in [2.45, 2.75) is 33.7 Å². The van der Waals surface area contributed by atoms with Crippen molar-refractivity contribution in [3.05, 3.63) is 76.9 Å². The normalized spacial score (nSPS) is 11.6. The Balaban J connectivity index is 1.69. The largest absolute Gasteiger partial charge is 0.573 e. The zero-order chi connectivity index (χ0) is 27.6. The molecule has 0 unspecified atom stereocenters. The number of carbonyl (C=O) groups excluding carboxylic acids is 1. The van der Waals surface area contributed by atoms with Crippen LogP contribution in [-0.2, 0) is 11.4 Å². The third kappa shape index (κ3) is 6.17. The molecule has 0 aliphatic heterocycles. The first-order valence-corrected chi connectivity index (χ1v) is 11.9. The number of rotatable bonds is 7. The molecule has 3 aromatic carbocycles. The maximum absolute atomic E-state index is 12.6. The van der Waals surface area contributed by atoms with Gasteiger partial charge in [0.05, 0.1) is 18.0 Å². The smallest absolute Gasteiger partial charge is 0.457 e. The summed E-state index contributed by atoms with van der Waals surface area (Å²) >= 11 is 6.34. The second kappa shape index (κ2) is 10.9. The van der Waals surface area contributed by atoms with Crippen molar-refractivity contribution in [3.63, 3.8) is 0 Å². The quantitative estimate of drug-likeness (QED) is 0.241. The summed E-state index contributed by atoms with van der Waals surface area (Å²) in [5.41, 5.74) is 2.87. The highest BCUT2D eigenvalue weighted by atomic mass is 35.5. The van der Waals surface area contributed by atoms with Crippen molar-refractivity contribution in [1.29, 1.82) is 0 Å². The third-order valence-electron chi connectivity index (χ3n) is 5.57. The van der Waals surface area contributed by atoms with Crippen molar-refractivity contribution in [1.82, 2.24) is 4.98 Å². The van der Waals surface area contributed by atoms with Crippen LogP contribution in [0, 0.1) is 12.8 Å². The number of aryl methyl sites for hydroxylation is 1. The van der Waals surface area contributed by atoms with E-state index >= 15 is 0 Å². The first-order chi connectivity index (χ1) is 17.9. The summed E-state index contributed by atoms with van der Waals surface area (Å²) in [5.74, 6) is -0.126. The van der Waals surface area contributed by atoms with Crippen molar-refractivity contribution in [3.8, 4) is 34.1 Å². The summed E-state index contributed by atoms with van der Waals surface area (Å²) in [5, 5.41) is 10.4. The minimum Gasteiger partial charge on any atom is -0.457 e. The number of carbonyl (C=O) groups is 1. The number of esters is 1. The van der Waals surface area contributed by atoms with Crippen LogP contribution in [0.25, 0.3) is 22.0 Å². The number of pyridine rings is 1. The molecule has 0 spiro atoms. The number of halogens is 4. The van der Waals surface area contributed by atoms with Gasteiger partial charge < -0.3 is 19.3 Å². The fraction of sp³-hybridized carbons (Fsp3) is 0.214. The number of hydrogen-bond donors (Lipinski definition) is 1. The molecule has 1 N–H and O–H groups in total. The molecule has 4 rings (SSSR count). The van der Waals surface area contributed by atoms with Crippen LogP contribution in [0.4, 0.5) is 13.2 Å². The van der Waals surface area contributed by atoms with Crippen LogP contribution in [0.5, 0.6) is 23.0 Å². The minimum absolute atomic E-state index is 0.266. The monoisotopic (exact) mass is 545 g/mol. The summed E-state index contributed by atoms with van der Waals surface area (Å²) in [4.78, 5) is 17.3. The standard InChI is InChI=1S/C28H23ClF3NO5/c1-15(2)27(35)37-26-22-13-23(29)18(14-34)12-24(22)33-16(3)25(26)17-4-6-19(7-5-17)36-20-8-10-21(11-9-20)38-28(30,31)32/h4-13,15,34H,14H2,1-3H3. The number of ether oxygens (including phenoxy) is 3. The Kier molecular flexibility index (Phi) is 7.80. The molecule has 0 fully saturated rings. The molecule has 10 heteroatoms. The van der Waals surface area contributed by atoms with Gasteiger partial charge >= 0.3 is 12.3 Å². The number of alkyl halides is 3. The second-order valence-electron chi connectivity index (χ2n) is 8.74. The lowest BCUT2D eigenvalue weighted by atomic mass is 9.99. The van der Waals surface area contributed by atoms with Crippen LogP contribution in [-0.4, -0.2) is 22.4 Å². The van der Waals surface area contributed by atoms with Gasteiger partial charge in [-0.2, -0.15) is 0 Å². The van der Waals surface area contributed by atoms with E-state index in [0.29, 0.717) is 55.6 Å². The minimum atomic E-state index is -4.78. The molecule has 0 saturated heterocycles. The van der Waals surface area contributed by atoms with Gasteiger partial charge in [0, 0.05) is 21.7 Å². The number of hydrogen-bond acceptors (Lipinski definition) is 6. The van der Waals surface area contributed by atoms with Gasteiger partial charge in [-0.15, -0.1) is 13.2 Å². The number of aliphatic hydroxyl groups excluding tert-OH is 1. The molecular formula is C28H23ClF3NO5. The molecule has 1 aromatic heterocycles. The zero-order valence-electron chi connectivity index (χ0n) is 20.6. The SMILES string of the molecule is Cc1nc2cc(CO)c(Cl)cc2c(OC(=O)C(C)C)c1-c1ccc(Oc2ccc(OC(F)(F)F)cc2)cc1. The molecule has 0 saturated carbocycles. The van der Waals surface area contributed by atoms with Gasteiger partial charge in [0.15, 0.2) is 0 Å². The lowest BCUT2D eigenvalue weighted by Crippen LogP contribution is -2.16. The Labute approximate surface area is 221 Å². The predicted octanol–water partition coefficient (Wildman–Crippen LogP) is 7.61. The molecule has 0 radical (unpaired) electrons. The number of nitrogens with zero attached hydrogens (tertiary/aromatic N) is 1. The van der Waals surface area contributed by atoms with Crippen molar-refractivity contribution >= 4 is 28.5 Å². The van der Waals surface area contributed by atoms with Crippen LogP contribution >= 0.6 is 11.6 Å². The molecule has 0 atom stereocenters. The average Bonchev–Trinajstić information content (AvgIpc) is 2.85. The molecule has 1 heterocycles. The van der Waals surface area contributed by atoms with Gasteiger partial charge in [-0.05, 0) is 66.6 Å². The highest BCUT2D eigenvalue weighted by molar-refractivity contribution is 6.32. The summed E-state index contributed by atoms with van der Waals surface area (Å²) in [6, 6.07) is 15.2. The van der Waals surface area contributed by atoms with E-state index in [0.717, 1.165) is 12.1 Å². The maximum atomic E-state index is 12.6. The van der Waals surface area contributed by atoms with E-state index in [1.807, 2.05) is 0 Å². The van der Waals surface area contributed by atoms with Crippen molar-refractivity contribution in [2.24, 2.45) is 5.92 Å². The molecule has 6 nitrogen and oxygen atoms in total. The van der Waals surface area contributed by atoms with Gasteiger partial charge in [-0.3, -0.25) is 9.78 Å². The van der Waals surface area contributed by atoms with Gasteiger partial charge in [-0.1, -0.05) is 37.6 Å². The first kappa shape index (κ1) is 27.2. The highest BCUT2D eigenvalue weighted by Gasteiger charge is 2.31. The molecule has 0 amide bonds. The molecular weight excluding hydrogens is 523 g/mol. The molecule has 0 bridgehead atoms. The maximum Gasteiger partial charge on any atom is 0.573 e. The highest BCUT2D eigenvalue weighted by Crippen LogP contribution is 2.41. The Morgan fingerprint density at radius 3 is 2.13 bits per heavy atom. The van der Waals surface area contributed by atoms with E-state index in [2.05, 4.69) is 9.72 Å². The van der Waals surface area contributed by atoms with Crippen LogP contribution in [0.15, 0.2) is 60.7 Å². The van der Waals surface area contributed by atoms with E-state index in [1.54, 1.807) is 57.2 Å². The fourth-order valence-corrected chi connectivity index (χ4v) is 3.96. The molecule has 198 valence electrons. The Hall–Kier alpha value is -3.82. The average molecular weight is 546 g/mol. The summed E-state index contributed by atoms with van der Waals surface area (Å²) in [7, 11) is 0. The summed E-state index contributed by atoms with van der Waals surface area (Å²) < 4.78 is 52.6. The fourth-order valence-electron chi connectivity index (χ4n) is 3.74. The van der Waals surface area contributed by atoms with E-state index in [1.165, 1.54) is 12.1 Å². The third-order valence-corrected chi connectivity index (χ3v) is 5.92. The van der Waals surface area contributed by atoms with E-state index in [9.17, 15) is 23.1 Å².